The number of carbonyl (C=O) groups is 1. The molecule has 0 aliphatic heterocycles. The van der Waals surface area contributed by atoms with Crippen LogP contribution < -0.4 is 11.1 Å². The molecule has 156 valence electrons. The lowest BCUT2D eigenvalue weighted by atomic mass is 10.0. The minimum absolute atomic E-state index is 0.0201. The van der Waals surface area contributed by atoms with E-state index in [2.05, 4.69) is 25.8 Å². The number of carbonyl (C=O) groups excluding carboxylic acids is 1. The molecule has 0 radical (unpaired) electrons. The van der Waals surface area contributed by atoms with Gasteiger partial charge < -0.3 is 11.1 Å². The van der Waals surface area contributed by atoms with E-state index in [4.69, 9.17) is 5.73 Å². The van der Waals surface area contributed by atoms with E-state index in [0.717, 1.165) is 10.7 Å². The van der Waals surface area contributed by atoms with Gasteiger partial charge in [0.25, 0.3) is 0 Å². The molecule has 1 amide bonds. The van der Waals surface area contributed by atoms with Crippen LogP contribution in [0.2, 0.25) is 0 Å². The molecule has 2 aromatic carbocycles. The molecular formula is C20H14F3N7O. The molecule has 0 bridgehead atoms. The minimum Gasteiger partial charge on any atom is -0.383 e. The van der Waals surface area contributed by atoms with E-state index in [0.29, 0.717) is 11.1 Å². The zero-order chi connectivity index (χ0) is 22.1. The van der Waals surface area contributed by atoms with Crippen LogP contribution in [0.5, 0.6) is 0 Å². The van der Waals surface area contributed by atoms with Crippen molar-refractivity contribution in [1.29, 1.82) is 0 Å². The van der Waals surface area contributed by atoms with E-state index in [1.54, 1.807) is 12.1 Å². The van der Waals surface area contributed by atoms with Gasteiger partial charge in [0, 0.05) is 18.7 Å². The minimum atomic E-state index is -1.13. The van der Waals surface area contributed by atoms with Gasteiger partial charge in [-0.3, -0.25) is 4.79 Å². The Morgan fingerprint density at radius 3 is 2.61 bits per heavy atom. The van der Waals surface area contributed by atoms with Gasteiger partial charge in [-0.25, -0.2) is 18.2 Å². The van der Waals surface area contributed by atoms with Crippen LogP contribution in [0.4, 0.5) is 24.7 Å². The van der Waals surface area contributed by atoms with Crippen LogP contribution in [-0.4, -0.2) is 31.1 Å². The summed E-state index contributed by atoms with van der Waals surface area (Å²) in [5, 5.41) is 13.5. The second-order valence-corrected chi connectivity index (χ2v) is 6.52. The molecule has 8 nitrogen and oxygen atoms in total. The summed E-state index contributed by atoms with van der Waals surface area (Å²) < 4.78 is 43.3. The molecule has 31 heavy (non-hydrogen) atoms. The number of rotatable bonds is 4. The molecule has 4 rings (SSSR count). The van der Waals surface area contributed by atoms with E-state index in [1.165, 1.54) is 37.4 Å². The van der Waals surface area contributed by atoms with E-state index in [-0.39, 0.29) is 28.6 Å². The van der Waals surface area contributed by atoms with E-state index in [1.807, 2.05) is 0 Å². The van der Waals surface area contributed by atoms with Crippen LogP contribution >= 0.6 is 0 Å². The number of nitrogens with two attached hydrogens (primary N) is 1. The van der Waals surface area contributed by atoms with Crippen LogP contribution in [0, 0.1) is 17.5 Å². The number of nitrogens with one attached hydrogen (secondary N) is 1. The highest BCUT2D eigenvalue weighted by molar-refractivity contribution is 5.89. The molecule has 0 spiro atoms. The predicted octanol–water partition coefficient (Wildman–Crippen LogP) is 3.35. The number of halogens is 3. The summed E-state index contributed by atoms with van der Waals surface area (Å²) in [7, 11) is 0. The fraction of sp³-hybridized carbons (Fsp3) is 0.0500. The number of hydrogen-bond acceptors (Lipinski definition) is 6. The van der Waals surface area contributed by atoms with Gasteiger partial charge in [0.1, 0.15) is 17.3 Å². The monoisotopic (exact) mass is 425 g/mol. The highest BCUT2D eigenvalue weighted by Gasteiger charge is 2.19. The topological polar surface area (TPSA) is 112 Å². The van der Waals surface area contributed by atoms with Crippen LogP contribution in [0.15, 0.2) is 48.7 Å². The third-order valence-electron chi connectivity index (χ3n) is 4.40. The molecule has 0 saturated heterocycles. The lowest BCUT2D eigenvalue weighted by Gasteiger charge is -2.10. The second-order valence-electron chi connectivity index (χ2n) is 6.52. The Morgan fingerprint density at radius 2 is 1.87 bits per heavy atom. The maximum atomic E-state index is 14.3. The molecule has 0 fully saturated rings. The van der Waals surface area contributed by atoms with Crippen LogP contribution in [-0.2, 0) is 4.79 Å². The zero-order valence-electron chi connectivity index (χ0n) is 16.0. The molecule has 0 saturated carbocycles. The van der Waals surface area contributed by atoms with E-state index < -0.39 is 23.4 Å². The number of hydrogen-bond donors (Lipinski definition) is 2. The Hall–Kier alpha value is -4.28. The van der Waals surface area contributed by atoms with Gasteiger partial charge in [0.15, 0.2) is 17.5 Å². The maximum Gasteiger partial charge on any atom is 0.221 e. The number of aromatic nitrogens is 5. The van der Waals surface area contributed by atoms with Gasteiger partial charge >= 0.3 is 0 Å². The fourth-order valence-corrected chi connectivity index (χ4v) is 2.97. The average molecular weight is 425 g/mol. The first-order valence-corrected chi connectivity index (χ1v) is 8.91. The largest absolute Gasteiger partial charge is 0.383 e. The van der Waals surface area contributed by atoms with Gasteiger partial charge in [-0.05, 0) is 46.3 Å². The van der Waals surface area contributed by atoms with Gasteiger partial charge in [-0.1, -0.05) is 12.1 Å². The number of nitrogen functional groups attached to an aromatic ring is 1. The van der Waals surface area contributed by atoms with Crippen molar-refractivity contribution in [3.05, 3.63) is 66.1 Å². The summed E-state index contributed by atoms with van der Waals surface area (Å²) in [4.78, 5) is 15.3. The lowest BCUT2D eigenvalue weighted by molar-refractivity contribution is -0.114. The third-order valence-corrected chi connectivity index (χ3v) is 4.40. The van der Waals surface area contributed by atoms with Gasteiger partial charge in [0.2, 0.25) is 5.91 Å². The Kier molecular flexibility index (Phi) is 5.07. The summed E-state index contributed by atoms with van der Waals surface area (Å²) in [6.45, 7) is 1.27. The highest BCUT2D eigenvalue weighted by Crippen LogP contribution is 2.31. The molecular weight excluding hydrogens is 411 g/mol. The second kappa shape index (κ2) is 7.86. The van der Waals surface area contributed by atoms with Crippen molar-refractivity contribution in [2.75, 3.05) is 11.1 Å². The summed E-state index contributed by atoms with van der Waals surface area (Å²) >= 11 is 0. The van der Waals surface area contributed by atoms with Crippen molar-refractivity contribution in [3.63, 3.8) is 0 Å². The van der Waals surface area contributed by atoms with Crippen LogP contribution in [0.3, 0.4) is 0 Å². The Bertz CT molecular complexity index is 1310. The van der Waals surface area contributed by atoms with Crippen molar-refractivity contribution in [3.8, 4) is 28.2 Å². The number of amides is 1. The van der Waals surface area contributed by atoms with Crippen LogP contribution in [0.1, 0.15) is 6.92 Å². The maximum absolute atomic E-state index is 14.3. The first kappa shape index (κ1) is 20.0. The molecule has 0 aliphatic carbocycles. The zero-order valence-corrected chi connectivity index (χ0v) is 16.0. The molecule has 0 aliphatic rings. The van der Waals surface area contributed by atoms with Gasteiger partial charge in [-0.15, -0.1) is 5.10 Å². The SMILES string of the molecule is CC(=O)Nc1ccc(-c2cnc(N)c(-c3nnnn3-c3cccc(F)c3F)c2)cc1F. The fourth-order valence-electron chi connectivity index (χ4n) is 2.97. The summed E-state index contributed by atoms with van der Waals surface area (Å²) in [5.74, 6) is -3.18. The Balaban J connectivity index is 1.79. The molecule has 4 aromatic rings. The molecule has 0 atom stereocenters. The molecule has 2 heterocycles. The standard InChI is InChI=1S/C20H14F3N7O/c1-10(31)26-16-6-5-11(8-15(16)22)12-7-13(19(24)25-9-12)20-27-28-29-30(20)17-4-2-3-14(21)18(17)23/h2-9H,1H3,(H2,24,25)(H,26,31). The summed E-state index contributed by atoms with van der Waals surface area (Å²) in [6, 6.07) is 9.36. The number of tetrazole rings is 1. The normalized spacial score (nSPS) is 10.8. The van der Waals surface area contributed by atoms with Gasteiger partial charge in [0.05, 0.1) is 11.3 Å². The van der Waals surface area contributed by atoms with Gasteiger partial charge in [-0.2, -0.15) is 4.68 Å². The number of nitrogens with zero attached hydrogens (tertiary/aromatic N) is 5. The summed E-state index contributed by atoms with van der Waals surface area (Å²) in [6.07, 6.45) is 1.42. The van der Waals surface area contributed by atoms with E-state index in [9.17, 15) is 18.0 Å². The Labute approximate surface area is 173 Å². The summed E-state index contributed by atoms with van der Waals surface area (Å²) in [5.41, 5.74) is 6.93. The Morgan fingerprint density at radius 1 is 1.06 bits per heavy atom. The van der Waals surface area contributed by atoms with Crippen molar-refractivity contribution < 1.29 is 18.0 Å². The third kappa shape index (κ3) is 3.80. The first-order valence-electron chi connectivity index (χ1n) is 8.91. The number of pyridine rings is 1. The quantitative estimate of drug-likeness (QED) is 0.519. The van der Waals surface area contributed by atoms with Crippen molar-refractivity contribution in [1.82, 2.24) is 25.2 Å². The van der Waals surface area contributed by atoms with E-state index >= 15 is 0 Å². The van der Waals surface area contributed by atoms with Crippen molar-refractivity contribution in [2.24, 2.45) is 0 Å². The first-order chi connectivity index (χ1) is 14.8. The predicted molar refractivity (Wildman–Crippen MR) is 106 cm³/mol. The van der Waals surface area contributed by atoms with Crippen LogP contribution in [0.25, 0.3) is 28.2 Å². The van der Waals surface area contributed by atoms with Crippen molar-refractivity contribution in [2.45, 2.75) is 6.92 Å². The number of anilines is 2. The molecule has 0 unspecified atom stereocenters. The smallest absolute Gasteiger partial charge is 0.221 e. The number of benzene rings is 2. The molecule has 3 N–H and O–H groups in total. The lowest BCUT2D eigenvalue weighted by Crippen LogP contribution is -2.07. The average Bonchev–Trinajstić information content (AvgIpc) is 3.21. The van der Waals surface area contributed by atoms with Crippen molar-refractivity contribution >= 4 is 17.4 Å². The molecule has 2 aromatic heterocycles. The molecule has 11 heteroatoms. The highest BCUT2D eigenvalue weighted by atomic mass is 19.2.